The van der Waals surface area contributed by atoms with Crippen molar-refractivity contribution >= 4 is 28.6 Å². The Balaban J connectivity index is 1.65. The summed E-state index contributed by atoms with van der Waals surface area (Å²) in [5.41, 5.74) is 8.78. The fourth-order valence-electron chi connectivity index (χ4n) is 3.96. The topological polar surface area (TPSA) is 104 Å². The molecule has 9 heteroatoms. The van der Waals surface area contributed by atoms with E-state index in [0.717, 1.165) is 15.8 Å². The number of amides is 1. The SMILES string of the molecule is CCc1cc(-c2ccc(N)cc2F)cc2cnc(NC3CC(F)CN(C(=O)O)C3)nc12. The van der Waals surface area contributed by atoms with E-state index in [-0.39, 0.29) is 19.5 Å². The third-order valence-corrected chi connectivity index (χ3v) is 5.45. The maximum absolute atomic E-state index is 14.4. The number of fused-ring (bicyclic) bond motifs is 1. The number of carbonyl (C=O) groups is 1. The number of likely N-dealkylation sites (tertiary alicyclic amines) is 1. The van der Waals surface area contributed by atoms with E-state index in [4.69, 9.17) is 5.73 Å². The van der Waals surface area contributed by atoms with Gasteiger partial charge in [0.1, 0.15) is 12.0 Å². The van der Waals surface area contributed by atoms with E-state index in [1.807, 2.05) is 19.1 Å². The van der Waals surface area contributed by atoms with Gasteiger partial charge in [0, 0.05) is 41.8 Å². The number of alkyl halides is 1. The standard InChI is InChI=1S/C22H23F2N5O2/c1-2-12-5-13(18-4-3-16(25)8-19(18)24)6-14-9-26-21(28-20(12)14)27-17-7-15(23)10-29(11-17)22(30)31/h3-6,8-9,15,17H,2,7,10-11,25H2,1H3,(H,30,31)(H,26,27,28). The molecule has 1 saturated heterocycles. The van der Waals surface area contributed by atoms with Gasteiger partial charge in [0.25, 0.3) is 0 Å². The quantitative estimate of drug-likeness (QED) is 0.542. The number of benzene rings is 2. The normalized spacial score (nSPS) is 18.9. The second kappa shape index (κ2) is 8.33. The van der Waals surface area contributed by atoms with Crippen molar-refractivity contribution in [3.05, 3.63) is 47.9 Å². The number of carboxylic acid groups (broad SMARTS) is 1. The van der Waals surface area contributed by atoms with Crippen LogP contribution in [0.1, 0.15) is 18.9 Å². The highest BCUT2D eigenvalue weighted by Gasteiger charge is 2.30. The zero-order chi connectivity index (χ0) is 22.1. The maximum atomic E-state index is 14.4. The molecule has 1 fully saturated rings. The van der Waals surface area contributed by atoms with Crippen molar-refractivity contribution in [2.75, 3.05) is 24.1 Å². The summed E-state index contributed by atoms with van der Waals surface area (Å²) in [5, 5.41) is 13.0. The maximum Gasteiger partial charge on any atom is 0.407 e. The van der Waals surface area contributed by atoms with Gasteiger partial charge in [0.15, 0.2) is 0 Å². The lowest BCUT2D eigenvalue weighted by atomic mass is 9.98. The molecular formula is C22H23F2N5O2. The Morgan fingerprint density at radius 3 is 2.84 bits per heavy atom. The zero-order valence-electron chi connectivity index (χ0n) is 17.0. The molecule has 0 bridgehead atoms. The molecule has 3 aromatic rings. The fourth-order valence-corrected chi connectivity index (χ4v) is 3.96. The molecule has 1 aliphatic heterocycles. The summed E-state index contributed by atoms with van der Waals surface area (Å²) in [6.45, 7) is 2.01. The predicted molar refractivity (Wildman–Crippen MR) is 115 cm³/mol. The Hall–Kier alpha value is -3.49. The Morgan fingerprint density at radius 2 is 2.13 bits per heavy atom. The lowest BCUT2D eigenvalue weighted by Gasteiger charge is -2.33. The minimum absolute atomic E-state index is 0.128. The first-order valence-corrected chi connectivity index (χ1v) is 10.1. The molecule has 1 aliphatic rings. The number of rotatable bonds is 4. The number of aryl methyl sites for hydroxylation is 1. The Kier molecular flexibility index (Phi) is 5.58. The number of halogens is 2. The molecule has 2 unspecified atom stereocenters. The minimum atomic E-state index is -1.24. The van der Waals surface area contributed by atoms with Crippen molar-refractivity contribution in [1.82, 2.24) is 14.9 Å². The summed E-state index contributed by atoms with van der Waals surface area (Å²) in [6.07, 6.45) is 0.0878. The summed E-state index contributed by atoms with van der Waals surface area (Å²) in [7, 11) is 0. The largest absolute Gasteiger partial charge is 0.465 e. The van der Waals surface area contributed by atoms with Crippen LogP contribution in [0, 0.1) is 5.82 Å². The van der Waals surface area contributed by atoms with Gasteiger partial charge in [0.2, 0.25) is 5.95 Å². The lowest BCUT2D eigenvalue weighted by Crippen LogP contribution is -2.49. The number of nitrogens with one attached hydrogen (secondary N) is 1. The molecule has 2 aromatic carbocycles. The van der Waals surface area contributed by atoms with Crippen LogP contribution in [0.3, 0.4) is 0 Å². The molecule has 162 valence electrons. The van der Waals surface area contributed by atoms with E-state index >= 15 is 0 Å². The Labute approximate surface area is 177 Å². The second-order valence-corrected chi connectivity index (χ2v) is 7.72. The highest BCUT2D eigenvalue weighted by atomic mass is 19.1. The van der Waals surface area contributed by atoms with E-state index in [0.29, 0.717) is 34.7 Å². The van der Waals surface area contributed by atoms with E-state index in [1.54, 1.807) is 18.3 Å². The van der Waals surface area contributed by atoms with Gasteiger partial charge in [-0.05, 0) is 47.9 Å². The molecule has 0 radical (unpaired) electrons. The fraction of sp³-hybridized carbons (Fsp3) is 0.318. The van der Waals surface area contributed by atoms with Crippen molar-refractivity contribution in [3.63, 3.8) is 0 Å². The van der Waals surface area contributed by atoms with Crippen LogP contribution in [0.5, 0.6) is 0 Å². The Bertz CT molecular complexity index is 1140. The van der Waals surface area contributed by atoms with Crippen molar-refractivity contribution < 1.29 is 18.7 Å². The molecule has 0 spiro atoms. The first kappa shape index (κ1) is 20.8. The molecule has 4 rings (SSSR count). The van der Waals surface area contributed by atoms with Crippen molar-refractivity contribution in [3.8, 4) is 11.1 Å². The molecular weight excluding hydrogens is 404 g/mol. The van der Waals surface area contributed by atoms with Crippen LogP contribution in [0.15, 0.2) is 36.5 Å². The van der Waals surface area contributed by atoms with Crippen LogP contribution in [0.2, 0.25) is 0 Å². The summed E-state index contributed by atoms with van der Waals surface area (Å²) in [5.74, 6) is -0.0975. The van der Waals surface area contributed by atoms with Gasteiger partial charge in [-0.1, -0.05) is 6.92 Å². The van der Waals surface area contributed by atoms with Crippen LogP contribution in [0.25, 0.3) is 22.0 Å². The smallest absolute Gasteiger partial charge is 0.407 e. The van der Waals surface area contributed by atoms with Gasteiger partial charge >= 0.3 is 6.09 Å². The van der Waals surface area contributed by atoms with Gasteiger partial charge in [-0.25, -0.2) is 23.5 Å². The highest BCUT2D eigenvalue weighted by Crippen LogP contribution is 2.30. The zero-order valence-corrected chi connectivity index (χ0v) is 17.0. The molecule has 7 nitrogen and oxygen atoms in total. The number of nitrogens with two attached hydrogens (primary N) is 1. The third-order valence-electron chi connectivity index (χ3n) is 5.45. The number of anilines is 2. The van der Waals surface area contributed by atoms with E-state index in [1.165, 1.54) is 6.07 Å². The molecule has 31 heavy (non-hydrogen) atoms. The van der Waals surface area contributed by atoms with Gasteiger partial charge in [-0.15, -0.1) is 0 Å². The third kappa shape index (κ3) is 4.35. The molecule has 0 aliphatic carbocycles. The van der Waals surface area contributed by atoms with Gasteiger partial charge in [-0.3, -0.25) is 0 Å². The van der Waals surface area contributed by atoms with E-state index in [9.17, 15) is 18.7 Å². The van der Waals surface area contributed by atoms with Crippen LogP contribution < -0.4 is 11.1 Å². The monoisotopic (exact) mass is 427 g/mol. The molecule has 0 saturated carbocycles. The number of nitrogens with zero attached hydrogens (tertiary/aromatic N) is 3. The van der Waals surface area contributed by atoms with E-state index in [2.05, 4.69) is 15.3 Å². The number of piperidine rings is 1. The highest BCUT2D eigenvalue weighted by molar-refractivity contribution is 5.88. The van der Waals surface area contributed by atoms with Crippen LogP contribution in [-0.2, 0) is 6.42 Å². The average molecular weight is 427 g/mol. The number of aromatic nitrogens is 2. The predicted octanol–water partition coefficient (Wildman–Crippen LogP) is 4.08. The molecule has 4 N–H and O–H groups in total. The number of hydrogen-bond donors (Lipinski definition) is 3. The average Bonchev–Trinajstić information content (AvgIpc) is 2.72. The van der Waals surface area contributed by atoms with Gasteiger partial charge < -0.3 is 21.1 Å². The van der Waals surface area contributed by atoms with Crippen molar-refractivity contribution in [1.29, 1.82) is 0 Å². The molecule has 1 aromatic heterocycles. The van der Waals surface area contributed by atoms with Crippen LogP contribution in [-0.4, -0.2) is 51.4 Å². The molecule has 2 heterocycles. The van der Waals surface area contributed by atoms with Gasteiger partial charge in [-0.2, -0.15) is 0 Å². The summed E-state index contributed by atoms with van der Waals surface area (Å²) in [4.78, 5) is 21.2. The van der Waals surface area contributed by atoms with Gasteiger partial charge in [0.05, 0.1) is 12.1 Å². The van der Waals surface area contributed by atoms with E-state index < -0.39 is 24.1 Å². The van der Waals surface area contributed by atoms with Crippen molar-refractivity contribution in [2.24, 2.45) is 0 Å². The summed E-state index contributed by atoms with van der Waals surface area (Å²) in [6, 6.07) is 7.87. The minimum Gasteiger partial charge on any atom is -0.465 e. The second-order valence-electron chi connectivity index (χ2n) is 7.72. The number of nitrogen functional groups attached to an aromatic ring is 1. The molecule has 1 amide bonds. The first-order valence-electron chi connectivity index (χ1n) is 10.1. The van der Waals surface area contributed by atoms with Crippen LogP contribution in [0.4, 0.5) is 25.2 Å². The number of hydrogen-bond acceptors (Lipinski definition) is 5. The molecule has 2 atom stereocenters. The first-order chi connectivity index (χ1) is 14.8. The summed E-state index contributed by atoms with van der Waals surface area (Å²) < 4.78 is 28.4. The van der Waals surface area contributed by atoms with Crippen molar-refractivity contribution in [2.45, 2.75) is 32.0 Å². The lowest BCUT2D eigenvalue weighted by molar-refractivity contribution is 0.102. The Morgan fingerprint density at radius 1 is 1.32 bits per heavy atom. The van der Waals surface area contributed by atoms with Crippen LogP contribution >= 0.6 is 0 Å². The summed E-state index contributed by atoms with van der Waals surface area (Å²) >= 11 is 0.